The molecule has 2 rings (SSSR count). The number of aryl methyl sites for hydroxylation is 1. The van der Waals surface area contributed by atoms with Crippen LogP contribution in [0.15, 0.2) is 34.9 Å². The third-order valence-electron chi connectivity index (χ3n) is 2.74. The lowest BCUT2D eigenvalue weighted by Gasteiger charge is -2.13. The normalized spacial score (nSPS) is 10.1. The number of nitrogens with one attached hydrogen (secondary N) is 1. The lowest BCUT2D eigenvalue weighted by atomic mass is 10.2. The molecule has 0 aliphatic rings. The highest BCUT2D eigenvalue weighted by atomic mass is 79.9. The van der Waals surface area contributed by atoms with Gasteiger partial charge in [0.25, 0.3) is 0 Å². The van der Waals surface area contributed by atoms with E-state index < -0.39 is 0 Å². The van der Waals surface area contributed by atoms with Crippen molar-refractivity contribution in [2.75, 3.05) is 19.5 Å². The molecule has 0 unspecified atom stereocenters. The maximum atomic E-state index is 5.33. The molecule has 1 heterocycles. The molecule has 0 atom stereocenters. The lowest BCUT2D eigenvalue weighted by Crippen LogP contribution is -1.99. The van der Waals surface area contributed by atoms with Crippen molar-refractivity contribution < 1.29 is 9.47 Å². The molecule has 0 saturated carbocycles. The van der Waals surface area contributed by atoms with E-state index in [1.807, 2.05) is 31.2 Å². The molecule has 0 bridgehead atoms. The van der Waals surface area contributed by atoms with Gasteiger partial charge in [0.15, 0.2) is 0 Å². The summed E-state index contributed by atoms with van der Waals surface area (Å²) in [5.74, 6) is 2.23. The Balaban J connectivity index is 2.39. The van der Waals surface area contributed by atoms with E-state index >= 15 is 0 Å². The van der Waals surface area contributed by atoms with Crippen molar-refractivity contribution in [1.82, 2.24) is 4.98 Å². The first-order valence-corrected chi connectivity index (χ1v) is 6.55. The second-order valence-electron chi connectivity index (χ2n) is 3.98. The topological polar surface area (TPSA) is 43.4 Å². The van der Waals surface area contributed by atoms with Gasteiger partial charge in [0, 0.05) is 12.3 Å². The number of nitrogens with zero attached hydrogens (tertiary/aromatic N) is 1. The SMILES string of the molecule is COc1ccc(OC)c(Nc2nccc(C)c2Br)c1. The molecule has 0 amide bonds. The van der Waals surface area contributed by atoms with Crippen molar-refractivity contribution >= 4 is 27.4 Å². The molecule has 5 heteroatoms. The summed E-state index contributed by atoms with van der Waals surface area (Å²) >= 11 is 3.52. The van der Waals surface area contributed by atoms with Crippen molar-refractivity contribution in [2.24, 2.45) is 0 Å². The number of methoxy groups -OCH3 is 2. The van der Waals surface area contributed by atoms with E-state index in [1.54, 1.807) is 20.4 Å². The van der Waals surface area contributed by atoms with E-state index in [4.69, 9.17) is 9.47 Å². The van der Waals surface area contributed by atoms with Crippen molar-refractivity contribution in [2.45, 2.75) is 6.92 Å². The third-order valence-corrected chi connectivity index (χ3v) is 3.74. The summed E-state index contributed by atoms with van der Waals surface area (Å²) in [6.45, 7) is 2.01. The van der Waals surface area contributed by atoms with Crippen LogP contribution in [0.5, 0.6) is 11.5 Å². The fourth-order valence-corrected chi connectivity index (χ4v) is 2.00. The highest BCUT2D eigenvalue weighted by Gasteiger charge is 2.09. The number of anilines is 2. The molecule has 100 valence electrons. The fraction of sp³-hybridized carbons (Fsp3) is 0.214. The van der Waals surface area contributed by atoms with Gasteiger partial charge >= 0.3 is 0 Å². The summed E-state index contributed by atoms with van der Waals surface area (Å²) in [6.07, 6.45) is 1.76. The van der Waals surface area contributed by atoms with Gasteiger partial charge in [-0.1, -0.05) is 0 Å². The first kappa shape index (κ1) is 13.7. The first-order valence-electron chi connectivity index (χ1n) is 5.76. The van der Waals surface area contributed by atoms with Crippen molar-refractivity contribution in [3.63, 3.8) is 0 Å². The van der Waals surface area contributed by atoms with Crippen LogP contribution in [0.2, 0.25) is 0 Å². The largest absolute Gasteiger partial charge is 0.497 e. The Bertz CT molecular complexity index is 588. The minimum absolute atomic E-state index is 0.732. The van der Waals surface area contributed by atoms with Gasteiger partial charge in [-0.25, -0.2) is 4.98 Å². The number of aromatic nitrogens is 1. The fourth-order valence-electron chi connectivity index (χ4n) is 1.67. The predicted octanol–water partition coefficient (Wildman–Crippen LogP) is 3.91. The quantitative estimate of drug-likeness (QED) is 0.926. The van der Waals surface area contributed by atoms with Crippen LogP contribution in [0.4, 0.5) is 11.5 Å². The molecule has 0 aliphatic heterocycles. The molecular formula is C14H15BrN2O2. The summed E-state index contributed by atoms with van der Waals surface area (Å²) < 4.78 is 11.5. The zero-order valence-corrected chi connectivity index (χ0v) is 12.6. The Morgan fingerprint density at radius 3 is 2.63 bits per heavy atom. The van der Waals surface area contributed by atoms with Crippen LogP contribution in [-0.2, 0) is 0 Å². The third kappa shape index (κ3) is 2.98. The van der Waals surface area contributed by atoms with Gasteiger partial charge in [0.1, 0.15) is 17.3 Å². The van der Waals surface area contributed by atoms with Crippen molar-refractivity contribution in [1.29, 1.82) is 0 Å². The molecule has 1 aromatic heterocycles. The first-order chi connectivity index (χ1) is 9.15. The number of benzene rings is 1. The van der Waals surface area contributed by atoms with Crippen LogP contribution in [0.3, 0.4) is 0 Å². The predicted molar refractivity (Wildman–Crippen MR) is 79.5 cm³/mol. The number of rotatable bonds is 4. The minimum Gasteiger partial charge on any atom is -0.497 e. The summed E-state index contributed by atoms with van der Waals surface area (Å²) in [5.41, 5.74) is 1.92. The van der Waals surface area contributed by atoms with E-state index in [1.165, 1.54) is 0 Å². The summed E-state index contributed by atoms with van der Waals surface area (Å²) in [5, 5.41) is 3.24. The molecule has 0 saturated heterocycles. The van der Waals surface area contributed by atoms with E-state index in [2.05, 4.69) is 26.2 Å². The highest BCUT2D eigenvalue weighted by Crippen LogP contribution is 2.33. The van der Waals surface area contributed by atoms with Gasteiger partial charge in [-0.05, 0) is 46.6 Å². The second kappa shape index (κ2) is 5.93. The molecular weight excluding hydrogens is 308 g/mol. The van der Waals surface area contributed by atoms with Gasteiger partial charge in [0.05, 0.1) is 24.4 Å². The Morgan fingerprint density at radius 1 is 1.16 bits per heavy atom. The smallest absolute Gasteiger partial charge is 0.145 e. The molecule has 0 aliphatic carbocycles. The Hall–Kier alpha value is -1.75. The van der Waals surface area contributed by atoms with Crippen LogP contribution in [0, 0.1) is 6.92 Å². The molecule has 0 fully saturated rings. The van der Waals surface area contributed by atoms with Gasteiger partial charge in [-0.3, -0.25) is 0 Å². The van der Waals surface area contributed by atoms with Gasteiger partial charge < -0.3 is 14.8 Å². The lowest BCUT2D eigenvalue weighted by molar-refractivity contribution is 0.405. The second-order valence-corrected chi connectivity index (χ2v) is 4.77. The van der Waals surface area contributed by atoms with Crippen molar-refractivity contribution in [3.05, 3.63) is 40.5 Å². The summed E-state index contributed by atoms with van der Waals surface area (Å²) in [6, 6.07) is 7.51. The standard InChI is InChI=1S/C14H15BrN2O2/c1-9-6-7-16-14(13(9)15)17-11-8-10(18-2)4-5-12(11)19-3/h4-8H,1-3H3,(H,16,17). The van der Waals surface area contributed by atoms with Gasteiger partial charge in [-0.2, -0.15) is 0 Å². The maximum absolute atomic E-state index is 5.33. The Morgan fingerprint density at radius 2 is 1.95 bits per heavy atom. The van der Waals surface area contributed by atoms with Gasteiger partial charge in [0.2, 0.25) is 0 Å². The number of halogens is 1. The van der Waals surface area contributed by atoms with Crippen molar-refractivity contribution in [3.8, 4) is 11.5 Å². The van der Waals surface area contributed by atoms with Gasteiger partial charge in [-0.15, -0.1) is 0 Å². The van der Waals surface area contributed by atoms with Crippen LogP contribution in [-0.4, -0.2) is 19.2 Å². The number of pyridine rings is 1. The minimum atomic E-state index is 0.732. The molecule has 0 spiro atoms. The van der Waals surface area contributed by atoms with E-state index in [-0.39, 0.29) is 0 Å². The number of hydrogen-bond acceptors (Lipinski definition) is 4. The molecule has 1 aromatic carbocycles. The molecule has 19 heavy (non-hydrogen) atoms. The summed E-state index contributed by atoms with van der Waals surface area (Å²) in [4.78, 5) is 4.31. The Kier molecular flexibility index (Phi) is 4.27. The molecule has 1 N–H and O–H groups in total. The van der Waals surface area contributed by atoms with Crippen LogP contribution < -0.4 is 14.8 Å². The van der Waals surface area contributed by atoms with Crippen LogP contribution >= 0.6 is 15.9 Å². The van der Waals surface area contributed by atoms with Crippen LogP contribution in [0.1, 0.15) is 5.56 Å². The van der Waals surface area contributed by atoms with Crippen LogP contribution in [0.25, 0.3) is 0 Å². The zero-order chi connectivity index (χ0) is 13.8. The molecule has 2 aromatic rings. The average Bonchev–Trinajstić information content (AvgIpc) is 2.43. The average molecular weight is 323 g/mol. The van der Waals surface area contributed by atoms with E-state index in [0.717, 1.165) is 33.0 Å². The molecule has 0 radical (unpaired) electrons. The number of ether oxygens (including phenoxy) is 2. The van der Waals surface area contributed by atoms with E-state index in [0.29, 0.717) is 0 Å². The summed E-state index contributed by atoms with van der Waals surface area (Å²) in [7, 11) is 3.26. The Labute approximate surface area is 120 Å². The zero-order valence-electron chi connectivity index (χ0n) is 11.0. The van der Waals surface area contributed by atoms with E-state index in [9.17, 15) is 0 Å². The molecule has 4 nitrogen and oxygen atoms in total. The monoisotopic (exact) mass is 322 g/mol. The maximum Gasteiger partial charge on any atom is 0.145 e. The number of hydrogen-bond donors (Lipinski definition) is 1. The highest BCUT2D eigenvalue weighted by molar-refractivity contribution is 9.10.